The molecule has 0 unspecified atom stereocenters. The summed E-state index contributed by atoms with van der Waals surface area (Å²) >= 11 is 0. The number of benzene rings is 1. The topological polar surface area (TPSA) is 91.4 Å². The van der Waals surface area contributed by atoms with Crippen LogP contribution in [0.3, 0.4) is 0 Å². The Kier molecular flexibility index (Phi) is 5.71. The molecule has 1 aromatic carbocycles. The van der Waals surface area contributed by atoms with Crippen molar-refractivity contribution < 1.29 is 22.7 Å². The second kappa shape index (κ2) is 8.19. The fraction of sp³-hybridized carbons (Fsp3) is 0.353. The van der Waals surface area contributed by atoms with Crippen molar-refractivity contribution in [1.29, 1.82) is 0 Å². The lowest BCUT2D eigenvalue weighted by Crippen LogP contribution is -2.39. The van der Waals surface area contributed by atoms with Crippen LogP contribution in [0.2, 0.25) is 0 Å². The maximum absolute atomic E-state index is 12.2. The molecule has 8 nitrogen and oxygen atoms in total. The zero-order valence-electron chi connectivity index (χ0n) is 15.0. The molecule has 28 heavy (non-hydrogen) atoms. The summed E-state index contributed by atoms with van der Waals surface area (Å²) in [7, 11) is 1.74. The maximum atomic E-state index is 12.2. The largest absolute Gasteiger partial charge is 0.573 e. The number of halogens is 3. The number of urea groups is 1. The molecule has 0 aliphatic carbocycles. The molecule has 150 valence electrons. The van der Waals surface area contributed by atoms with Gasteiger partial charge in [-0.05, 0) is 36.8 Å². The molecule has 1 aliphatic heterocycles. The SMILES string of the molecule is CNc1nccc(N2CC[C@H](NC(=O)Nc3ccc(OC(F)(F)F)cc3)C2)n1. The molecule has 1 aliphatic rings. The lowest BCUT2D eigenvalue weighted by molar-refractivity contribution is -0.274. The van der Waals surface area contributed by atoms with Gasteiger partial charge in [0.05, 0.1) is 0 Å². The summed E-state index contributed by atoms with van der Waals surface area (Å²) in [6, 6.07) is 6.22. The number of aromatic nitrogens is 2. The van der Waals surface area contributed by atoms with Gasteiger partial charge in [0, 0.05) is 38.1 Å². The average Bonchev–Trinajstić information content (AvgIpc) is 3.10. The van der Waals surface area contributed by atoms with E-state index >= 15 is 0 Å². The van der Waals surface area contributed by atoms with E-state index in [-0.39, 0.29) is 11.8 Å². The summed E-state index contributed by atoms with van der Waals surface area (Å²) in [5, 5.41) is 8.32. The van der Waals surface area contributed by atoms with Crippen molar-refractivity contribution in [3.8, 4) is 5.75 Å². The highest BCUT2D eigenvalue weighted by Crippen LogP contribution is 2.24. The van der Waals surface area contributed by atoms with E-state index in [1.807, 2.05) is 4.90 Å². The minimum Gasteiger partial charge on any atom is -0.406 e. The van der Waals surface area contributed by atoms with Gasteiger partial charge in [0.25, 0.3) is 0 Å². The molecule has 1 saturated heterocycles. The number of ether oxygens (including phenoxy) is 1. The van der Waals surface area contributed by atoms with Crippen molar-refractivity contribution in [2.24, 2.45) is 0 Å². The second-order valence-corrected chi connectivity index (χ2v) is 6.09. The molecule has 1 fully saturated rings. The van der Waals surface area contributed by atoms with E-state index < -0.39 is 12.4 Å². The third kappa shape index (κ3) is 5.38. The molecule has 3 N–H and O–H groups in total. The highest BCUT2D eigenvalue weighted by molar-refractivity contribution is 5.89. The summed E-state index contributed by atoms with van der Waals surface area (Å²) in [6.45, 7) is 1.32. The molecule has 3 rings (SSSR count). The first kappa shape index (κ1) is 19.5. The monoisotopic (exact) mass is 396 g/mol. The van der Waals surface area contributed by atoms with Gasteiger partial charge in [-0.2, -0.15) is 4.98 Å². The van der Waals surface area contributed by atoms with Crippen molar-refractivity contribution in [3.63, 3.8) is 0 Å². The highest BCUT2D eigenvalue weighted by atomic mass is 19.4. The number of carbonyl (C=O) groups is 1. The lowest BCUT2D eigenvalue weighted by atomic mass is 10.2. The molecule has 2 aromatic rings. The van der Waals surface area contributed by atoms with E-state index in [1.165, 1.54) is 12.1 Å². The fourth-order valence-electron chi connectivity index (χ4n) is 2.82. The summed E-state index contributed by atoms with van der Waals surface area (Å²) in [5.41, 5.74) is 0.358. The predicted molar refractivity (Wildman–Crippen MR) is 97.5 cm³/mol. The van der Waals surface area contributed by atoms with Crippen LogP contribution in [0.5, 0.6) is 5.75 Å². The molecule has 2 heterocycles. The second-order valence-electron chi connectivity index (χ2n) is 6.09. The van der Waals surface area contributed by atoms with Crippen molar-refractivity contribution >= 4 is 23.5 Å². The number of nitrogens with one attached hydrogen (secondary N) is 3. The van der Waals surface area contributed by atoms with Crippen LogP contribution in [-0.2, 0) is 0 Å². The molecule has 1 aromatic heterocycles. The summed E-state index contributed by atoms with van der Waals surface area (Å²) in [5.74, 6) is 0.935. The van der Waals surface area contributed by atoms with Crippen molar-refractivity contribution in [1.82, 2.24) is 15.3 Å². The number of carbonyl (C=O) groups excluding carboxylic acids is 1. The lowest BCUT2D eigenvalue weighted by Gasteiger charge is -2.18. The molecule has 11 heteroatoms. The van der Waals surface area contributed by atoms with Crippen LogP contribution in [0, 0.1) is 0 Å². The zero-order chi connectivity index (χ0) is 20.1. The molecule has 0 saturated carbocycles. The Morgan fingerprint density at radius 1 is 1.25 bits per heavy atom. The fourth-order valence-corrected chi connectivity index (χ4v) is 2.82. The van der Waals surface area contributed by atoms with Crippen LogP contribution in [0.25, 0.3) is 0 Å². The van der Waals surface area contributed by atoms with E-state index in [4.69, 9.17) is 0 Å². The zero-order valence-corrected chi connectivity index (χ0v) is 15.0. The van der Waals surface area contributed by atoms with Crippen LogP contribution in [0.1, 0.15) is 6.42 Å². The molecular weight excluding hydrogens is 377 g/mol. The third-order valence-corrected chi connectivity index (χ3v) is 4.06. The van der Waals surface area contributed by atoms with E-state index in [0.29, 0.717) is 18.2 Å². The van der Waals surface area contributed by atoms with E-state index in [9.17, 15) is 18.0 Å². The number of nitrogens with zero attached hydrogens (tertiary/aromatic N) is 3. The van der Waals surface area contributed by atoms with Crippen LogP contribution < -0.4 is 25.6 Å². The molecule has 2 amide bonds. The Hall–Kier alpha value is -3.24. The number of rotatable bonds is 5. The quantitative estimate of drug-likeness (QED) is 0.720. The van der Waals surface area contributed by atoms with Gasteiger partial charge in [-0.3, -0.25) is 0 Å². The normalized spacial score (nSPS) is 16.6. The van der Waals surface area contributed by atoms with E-state index in [2.05, 4.69) is 30.7 Å². The van der Waals surface area contributed by atoms with Crippen molar-refractivity contribution in [2.75, 3.05) is 35.7 Å². The summed E-state index contributed by atoms with van der Waals surface area (Å²) < 4.78 is 40.3. The van der Waals surface area contributed by atoms with Crippen LogP contribution in [0.15, 0.2) is 36.5 Å². The van der Waals surface area contributed by atoms with Crippen molar-refractivity contribution in [2.45, 2.75) is 18.8 Å². The number of alkyl halides is 3. The number of hydrogen-bond acceptors (Lipinski definition) is 6. The van der Waals surface area contributed by atoms with Gasteiger partial charge in [-0.1, -0.05) is 0 Å². The first-order valence-corrected chi connectivity index (χ1v) is 8.51. The molecular formula is C17H19F3N6O2. The summed E-state index contributed by atoms with van der Waals surface area (Å²) in [6.07, 6.45) is -2.35. The van der Waals surface area contributed by atoms with Gasteiger partial charge in [0.1, 0.15) is 11.6 Å². The number of hydrogen-bond donors (Lipinski definition) is 3. The van der Waals surface area contributed by atoms with Gasteiger partial charge in [0.2, 0.25) is 5.95 Å². The van der Waals surface area contributed by atoms with Gasteiger partial charge >= 0.3 is 12.4 Å². The van der Waals surface area contributed by atoms with Gasteiger partial charge in [-0.25, -0.2) is 9.78 Å². The predicted octanol–water partition coefficient (Wildman–Crippen LogP) is 2.82. The minimum absolute atomic E-state index is 0.0826. The Balaban J connectivity index is 1.50. The molecule has 0 bridgehead atoms. The van der Waals surface area contributed by atoms with Gasteiger partial charge in [-0.15, -0.1) is 13.2 Å². The molecule has 1 atom stereocenters. The van der Waals surface area contributed by atoms with Crippen LogP contribution >= 0.6 is 0 Å². The highest BCUT2D eigenvalue weighted by Gasteiger charge is 2.31. The van der Waals surface area contributed by atoms with E-state index in [0.717, 1.165) is 30.9 Å². The Morgan fingerprint density at radius 3 is 2.68 bits per heavy atom. The first-order valence-electron chi connectivity index (χ1n) is 8.51. The third-order valence-electron chi connectivity index (χ3n) is 4.06. The van der Waals surface area contributed by atoms with Crippen LogP contribution in [-0.4, -0.2) is 48.5 Å². The smallest absolute Gasteiger partial charge is 0.406 e. The average molecular weight is 396 g/mol. The van der Waals surface area contributed by atoms with Crippen LogP contribution in [0.4, 0.5) is 35.4 Å². The maximum Gasteiger partial charge on any atom is 0.573 e. The summed E-state index contributed by atoms with van der Waals surface area (Å²) in [4.78, 5) is 22.6. The van der Waals surface area contributed by atoms with E-state index in [1.54, 1.807) is 19.3 Å². The Morgan fingerprint density at radius 2 is 2.00 bits per heavy atom. The van der Waals surface area contributed by atoms with Crippen molar-refractivity contribution in [3.05, 3.63) is 36.5 Å². The molecule has 0 radical (unpaired) electrons. The van der Waals surface area contributed by atoms with Gasteiger partial charge < -0.3 is 25.6 Å². The number of anilines is 3. The Bertz CT molecular complexity index is 815. The molecule has 0 spiro atoms. The minimum atomic E-state index is -4.75. The van der Waals surface area contributed by atoms with Gasteiger partial charge in [0.15, 0.2) is 0 Å². The number of amides is 2. The Labute approximate surface area is 159 Å². The standard InChI is InChI=1S/C17H19F3N6O2/c1-21-15-22-8-6-14(25-15)26-9-7-12(10-26)24-16(27)23-11-2-4-13(5-3-11)28-17(18,19)20/h2-6,8,12H,7,9-10H2,1H3,(H,21,22,25)(H2,23,24,27)/t12-/m0/s1. The first-order chi connectivity index (χ1) is 13.3.